The van der Waals surface area contributed by atoms with E-state index in [0.29, 0.717) is 5.82 Å². The third-order valence-electron chi connectivity index (χ3n) is 5.16. The highest BCUT2D eigenvalue weighted by atomic mass is 35.7. The van der Waals surface area contributed by atoms with E-state index in [1.807, 2.05) is 30.5 Å². The molecule has 34 heavy (non-hydrogen) atoms. The summed E-state index contributed by atoms with van der Waals surface area (Å²) in [6.07, 6.45) is 3.70. The number of halogens is 1. The first kappa shape index (κ1) is 23.8. The van der Waals surface area contributed by atoms with Gasteiger partial charge in [0.25, 0.3) is 0 Å². The number of aromatic nitrogens is 3. The molecule has 2 heterocycles. The lowest BCUT2D eigenvalue weighted by Crippen LogP contribution is -2.68. The maximum absolute atomic E-state index is 8.49. The molecule has 5 rings (SSSR count). The monoisotopic (exact) mass is 494 g/mol. The van der Waals surface area contributed by atoms with Crippen molar-refractivity contribution in [1.82, 2.24) is 14.6 Å². The second-order valence-electron chi connectivity index (χ2n) is 7.18. The van der Waals surface area contributed by atoms with Gasteiger partial charge >= 0.3 is 0 Å². The maximum Gasteiger partial charge on any atom is 0.201 e. The van der Waals surface area contributed by atoms with Gasteiger partial charge in [-0.25, -0.2) is 28.1 Å². The summed E-state index contributed by atoms with van der Waals surface area (Å²) in [5, 5.41) is 9.30. The summed E-state index contributed by atoms with van der Waals surface area (Å²) in [6, 6.07) is 33.7. The smallest absolute Gasteiger partial charge is 0.201 e. The van der Waals surface area contributed by atoms with Crippen molar-refractivity contribution >= 4 is 39.9 Å². The van der Waals surface area contributed by atoms with Crippen molar-refractivity contribution < 1.29 is 28.9 Å². The maximum atomic E-state index is 8.49. The van der Waals surface area contributed by atoms with Gasteiger partial charge in [0, 0.05) is 12.4 Å². The van der Waals surface area contributed by atoms with Crippen LogP contribution >= 0.6 is 7.26 Å². The molecule has 0 amide bonds. The van der Waals surface area contributed by atoms with Gasteiger partial charge in [-0.15, -0.1) is 15.3 Å². The van der Waals surface area contributed by atoms with E-state index in [4.69, 9.17) is 29.4 Å². The van der Waals surface area contributed by atoms with Crippen LogP contribution in [0.15, 0.2) is 109 Å². The molecule has 5 aromatic rings. The molecular weight excluding hydrogens is 475 g/mol. The van der Waals surface area contributed by atoms with Crippen LogP contribution in [0.25, 0.3) is 5.65 Å². The van der Waals surface area contributed by atoms with Gasteiger partial charge in [0.2, 0.25) is 5.65 Å². The highest BCUT2D eigenvalue weighted by Crippen LogP contribution is 2.56. The number of nitrogens with zero attached hydrogens (tertiary/aromatic N) is 3. The van der Waals surface area contributed by atoms with Crippen molar-refractivity contribution in [2.75, 3.05) is 5.73 Å². The fourth-order valence-corrected chi connectivity index (χ4v) is 8.38. The second kappa shape index (κ2) is 9.87. The molecule has 0 aliphatic rings. The predicted octanol–water partition coefficient (Wildman–Crippen LogP) is -1.83. The normalized spacial score (nSPS) is 11.6. The van der Waals surface area contributed by atoms with Crippen LogP contribution in [0.1, 0.15) is 0 Å². The molecule has 3 aromatic carbocycles. The largest absolute Gasteiger partial charge is 0.379 e. The summed E-state index contributed by atoms with van der Waals surface area (Å²) in [7, 11) is -7.26. The number of nitrogens with two attached hydrogens (primary N) is 1. The Hall–Kier alpha value is -3.36. The predicted molar refractivity (Wildman–Crippen MR) is 122 cm³/mol. The second-order valence-corrected chi connectivity index (χ2v) is 11.3. The number of rotatable bonds is 4. The Balaban J connectivity index is 0.000000499. The van der Waals surface area contributed by atoms with E-state index >= 15 is 0 Å². The van der Waals surface area contributed by atoms with Crippen LogP contribution in [0.2, 0.25) is 0 Å². The van der Waals surface area contributed by atoms with Crippen LogP contribution in [0.5, 0.6) is 0 Å². The molecule has 2 aromatic heterocycles. The lowest BCUT2D eigenvalue weighted by Gasteiger charge is -2.26. The molecule has 8 nitrogen and oxygen atoms in total. The van der Waals surface area contributed by atoms with Gasteiger partial charge in [0.1, 0.15) is 15.9 Å². The number of hydrogen-bond acceptors (Lipinski definition) is 7. The van der Waals surface area contributed by atoms with Gasteiger partial charge in [0.05, 0.1) is 0 Å². The number of benzene rings is 3. The topological polar surface area (TPSA) is 148 Å². The Kier molecular flexibility index (Phi) is 6.90. The Bertz CT molecular complexity index is 1260. The summed E-state index contributed by atoms with van der Waals surface area (Å²) in [5.41, 5.74) is 7.41. The van der Waals surface area contributed by atoms with Crippen LogP contribution in [-0.2, 0) is 0 Å². The summed E-state index contributed by atoms with van der Waals surface area (Å²) < 4.78 is 35.8. The molecule has 0 aliphatic carbocycles. The van der Waals surface area contributed by atoms with Gasteiger partial charge in [-0.3, -0.25) is 0 Å². The number of hydrogen-bond donors (Lipinski definition) is 1. The van der Waals surface area contributed by atoms with E-state index in [9.17, 15) is 0 Å². The minimum absolute atomic E-state index is 0.522. The van der Waals surface area contributed by atoms with Crippen LogP contribution in [0.3, 0.4) is 0 Å². The molecule has 0 bridgehead atoms. The zero-order chi connectivity index (χ0) is 24.2. The lowest BCUT2D eigenvalue weighted by atomic mass is 10.3. The molecule has 0 aliphatic heterocycles. The number of fused-ring (bicyclic) bond motifs is 1. The zero-order valence-electron chi connectivity index (χ0n) is 17.8. The number of anilines is 1. The Morgan fingerprint density at radius 1 is 0.676 bits per heavy atom. The molecule has 0 saturated carbocycles. The molecule has 0 unspecified atom stereocenters. The van der Waals surface area contributed by atoms with Gasteiger partial charge in [-0.2, -0.15) is 0 Å². The molecular formula is C24H20ClN4O4P. The molecule has 172 valence electrons. The fraction of sp³-hybridized carbons (Fsp3) is 0. The molecule has 10 heteroatoms. The highest BCUT2D eigenvalue weighted by molar-refractivity contribution is 8.02. The molecule has 0 saturated heterocycles. The quantitative estimate of drug-likeness (QED) is 0.289. The zero-order valence-corrected chi connectivity index (χ0v) is 19.4. The SMILES string of the molecule is Nc1nn2cccnc2c1[P+](c1ccccc1)(c1ccccc1)c1ccccc1.[O-][Cl+3]([O-])([O-])[O-]. The summed E-state index contributed by atoms with van der Waals surface area (Å²) in [5.74, 6) is 0.522. The van der Waals surface area contributed by atoms with Crippen LogP contribution in [0.4, 0.5) is 5.82 Å². The molecule has 0 radical (unpaired) electrons. The van der Waals surface area contributed by atoms with Gasteiger partial charge < -0.3 is 5.73 Å². The van der Waals surface area contributed by atoms with E-state index < -0.39 is 17.5 Å². The van der Waals surface area contributed by atoms with Crippen LogP contribution < -0.4 is 45.6 Å². The van der Waals surface area contributed by atoms with Crippen molar-refractivity contribution in [2.45, 2.75) is 0 Å². The lowest BCUT2D eigenvalue weighted by molar-refractivity contribution is -2.00. The van der Waals surface area contributed by atoms with E-state index in [1.54, 1.807) is 10.7 Å². The summed E-state index contributed by atoms with van der Waals surface area (Å²) in [6.45, 7) is 0. The van der Waals surface area contributed by atoms with Gasteiger partial charge in [0.15, 0.2) is 18.4 Å². The average molecular weight is 495 g/mol. The minimum atomic E-state index is -4.94. The van der Waals surface area contributed by atoms with E-state index in [2.05, 4.69) is 77.9 Å². The Morgan fingerprint density at radius 2 is 1.09 bits per heavy atom. The molecule has 2 N–H and O–H groups in total. The van der Waals surface area contributed by atoms with Crippen molar-refractivity contribution in [3.8, 4) is 0 Å². The van der Waals surface area contributed by atoms with Crippen LogP contribution in [-0.4, -0.2) is 14.6 Å². The average Bonchev–Trinajstić information content (AvgIpc) is 3.17. The minimum Gasteiger partial charge on any atom is -0.379 e. The first-order valence-corrected chi connectivity index (χ1v) is 13.1. The third-order valence-corrected chi connectivity index (χ3v) is 9.48. The molecule has 0 spiro atoms. The first-order chi connectivity index (χ1) is 16.3. The van der Waals surface area contributed by atoms with E-state index in [1.165, 1.54) is 15.9 Å². The first-order valence-electron chi connectivity index (χ1n) is 10.1. The van der Waals surface area contributed by atoms with E-state index in [-0.39, 0.29) is 0 Å². The summed E-state index contributed by atoms with van der Waals surface area (Å²) >= 11 is 0. The van der Waals surface area contributed by atoms with Crippen molar-refractivity contribution in [2.24, 2.45) is 0 Å². The number of nitrogen functional groups attached to an aromatic ring is 1. The molecule has 0 fully saturated rings. The van der Waals surface area contributed by atoms with E-state index in [0.717, 1.165) is 11.0 Å². The van der Waals surface area contributed by atoms with Crippen LogP contribution in [0, 0.1) is 10.2 Å². The molecule has 0 atom stereocenters. The van der Waals surface area contributed by atoms with Crippen molar-refractivity contribution in [3.63, 3.8) is 0 Å². The fourth-order valence-electron chi connectivity index (χ4n) is 4.00. The van der Waals surface area contributed by atoms with Crippen molar-refractivity contribution in [3.05, 3.63) is 109 Å². The van der Waals surface area contributed by atoms with Gasteiger partial charge in [-0.05, 0) is 42.5 Å². The van der Waals surface area contributed by atoms with Crippen molar-refractivity contribution in [1.29, 1.82) is 0 Å². The van der Waals surface area contributed by atoms with Gasteiger partial charge in [-0.1, -0.05) is 54.6 Å². The standard InChI is InChI=1S/C24H20N4P.ClHO4/c25-23-22(24-26-17-10-18-28(24)27-23)29(19-11-4-1-5-12-19,20-13-6-2-7-14-20)21-15-8-3-9-16-21;2-1(3,4)5/h1-18H,(H2,25,27);(H,2,3,4,5)/q+1;/p-1. The third kappa shape index (κ3) is 4.78. The Labute approximate surface area is 198 Å². The Morgan fingerprint density at radius 3 is 1.50 bits per heavy atom. The summed E-state index contributed by atoms with van der Waals surface area (Å²) in [4.78, 5) is 4.69. The highest BCUT2D eigenvalue weighted by Gasteiger charge is 2.52.